The summed E-state index contributed by atoms with van der Waals surface area (Å²) in [6.45, 7) is 0. The fourth-order valence-electron chi connectivity index (χ4n) is 0.363. The van der Waals surface area contributed by atoms with E-state index in [9.17, 15) is 10.1 Å². The van der Waals surface area contributed by atoms with Crippen LogP contribution in [0.3, 0.4) is 0 Å². The third-order valence-corrected chi connectivity index (χ3v) is 1.47. The maximum absolute atomic E-state index is 9.93. The number of hydrogen-bond acceptors (Lipinski definition) is 7. The number of hydrogen-bond donors (Lipinski definition) is 3. The Balaban J connectivity index is 0.000000292. The smallest absolute Gasteiger partial charge is 0.375 e. The van der Waals surface area contributed by atoms with Crippen LogP contribution in [0.5, 0.6) is 0 Å². The van der Waals surface area contributed by atoms with Gasteiger partial charge in [0.1, 0.15) is 6.20 Å². The van der Waals surface area contributed by atoms with Gasteiger partial charge in [-0.25, -0.2) is 4.98 Å². The summed E-state index contributed by atoms with van der Waals surface area (Å²) in [5.74, 6) is 0. The molecule has 0 aliphatic rings. The average Bonchev–Trinajstić information content (AvgIpc) is 2.31. The van der Waals surface area contributed by atoms with Crippen LogP contribution in [-0.2, 0) is 10.4 Å². The number of nitrogen functional groups attached to an aromatic ring is 1. The van der Waals surface area contributed by atoms with E-state index in [0.29, 0.717) is 0 Å². The quantitative estimate of drug-likeness (QED) is 0.352. The van der Waals surface area contributed by atoms with Crippen LogP contribution in [0, 0.1) is 10.1 Å². The zero-order valence-electron chi connectivity index (χ0n) is 6.39. The molecule has 80 valence electrons. The molecule has 1 rings (SSSR count). The van der Waals surface area contributed by atoms with Gasteiger partial charge in [-0.2, -0.15) is 8.42 Å². The lowest BCUT2D eigenvalue weighted by molar-refractivity contribution is -0.380. The molecule has 0 unspecified atom stereocenters. The predicted octanol–water partition coefficient (Wildman–Crippen LogP) is -0.0193. The molecule has 0 atom stereocenters. The van der Waals surface area contributed by atoms with Gasteiger partial charge in [-0.05, 0) is 11.3 Å². The van der Waals surface area contributed by atoms with Crippen LogP contribution in [0.25, 0.3) is 0 Å². The fourth-order valence-corrected chi connectivity index (χ4v) is 0.863. The van der Waals surface area contributed by atoms with Crippen LogP contribution in [0.4, 0.5) is 10.1 Å². The van der Waals surface area contributed by atoms with Gasteiger partial charge in [0.15, 0.2) is 5.13 Å². The van der Waals surface area contributed by atoms with Gasteiger partial charge >= 0.3 is 15.4 Å². The first kappa shape index (κ1) is 12.7. The molecule has 0 aliphatic heterocycles. The number of aromatic nitrogens is 1. The van der Waals surface area contributed by atoms with Gasteiger partial charge < -0.3 is 5.73 Å². The SMILES string of the molecule is Nc1ncc([N+](=O)[O-])s1.O=S(=O)(O)O. The molecule has 0 radical (unpaired) electrons. The summed E-state index contributed by atoms with van der Waals surface area (Å²) < 4.78 is 31.6. The second-order valence-corrected chi connectivity index (χ2v) is 3.68. The standard InChI is InChI=1S/C3H3N3O2S.H2O4S/c4-3-5-1-2(9-3)6(7)8;1-5(2,3)4/h1H,(H2,4,5);(H2,1,2,3,4). The van der Waals surface area contributed by atoms with Crippen molar-refractivity contribution in [2.75, 3.05) is 5.73 Å². The summed E-state index contributed by atoms with van der Waals surface area (Å²) in [6, 6.07) is 0. The van der Waals surface area contributed by atoms with E-state index < -0.39 is 15.3 Å². The Hall–Kier alpha value is -1.30. The van der Waals surface area contributed by atoms with Crippen LogP contribution in [0.2, 0.25) is 0 Å². The summed E-state index contributed by atoms with van der Waals surface area (Å²) in [7, 11) is -4.67. The Morgan fingerprint density at radius 1 is 1.57 bits per heavy atom. The van der Waals surface area contributed by atoms with Crippen LogP contribution >= 0.6 is 11.3 Å². The minimum absolute atomic E-state index is 0.0208. The van der Waals surface area contributed by atoms with Gasteiger partial charge in [0.05, 0.1) is 4.92 Å². The molecule has 1 aromatic heterocycles. The molecule has 0 saturated heterocycles. The number of anilines is 1. The molecule has 0 amide bonds. The monoisotopic (exact) mass is 243 g/mol. The molecule has 0 aromatic carbocycles. The second-order valence-electron chi connectivity index (χ2n) is 1.74. The van der Waals surface area contributed by atoms with E-state index >= 15 is 0 Å². The third kappa shape index (κ3) is 7.35. The summed E-state index contributed by atoms with van der Waals surface area (Å²) in [4.78, 5) is 12.9. The van der Waals surface area contributed by atoms with Gasteiger partial charge in [-0.1, -0.05) is 0 Å². The Morgan fingerprint density at radius 2 is 2.00 bits per heavy atom. The minimum atomic E-state index is -4.67. The van der Waals surface area contributed by atoms with Crippen molar-refractivity contribution >= 4 is 31.9 Å². The van der Waals surface area contributed by atoms with Gasteiger partial charge in [0.25, 0.3) is 0 Å². The van der Waals surface area contributed by atoms with Gasteiger partial charge in [-0.3, -0.25) is 19.2 Å². The molecule has 0 saturated carbocycles. The van der Waals surface area contributed by atoms with Crippen molar-refractivity contribution in [3.05, 3.63) is 16.3 Å². The zero-order chi connectivity index (χ0) is 11.4. The van der Waals surface area contributed by atoms with E-state index in [0.717, 1.165) is 17.5 Å². The van der Waals surface area contributed by atoms with Crippen molar-refractivity contribution in [1.82, 2.24) is 4.98 Å². The third-order valence-electron chi connectivity index (χ3n) is 0.691. The first-order valence-electron chi connectivity index (χ1n) is 2.75. The zero-order valence-corrected chi connectivity index (χ0v) is 8.03. The van der Waals surface area contributed by atoms with Gasteiger partial charge in [0, 0.05) is 0 Å². The Labute approximate surface area is 81.9 Å². The van der Waals surface area contributed by atoms with Crippen molar-refractivity contribution in [3.8, 4) is 0 Å². The maximum Gasteiger partial charge on any atom is 0.394 e. The molecule has 0 spiro atoms. The van der Waals surface area contributed by atoms with Crippen LogP contribution in [0.15, 0.2) is 6.20 Å². The maximum atomic E-state index is 9.93. The van der Waals surface area contributed by atoms with Crippen molar-refractivity contribution in [1.29, 1.82) is 0 Å². The summed E-state index contributed by atoms with van der Waals surface area (Å²) >= 11 is 0.863. The van der Waals surface area contributed by atoms with E-state index in [-0.39, 0.29) is 10.1 Å². The molecule has 4 N–H and O–H groups in total. The molecule has 11 heteroatoms. The van der Waals surface area contributed by atoms with E-state index in [1.54, 1.807) is 0 Å². The largest absolute Gasteiger partial charge is 0.394 e. The number of nitrogens with two attached hydrogens (primary N) is 1. The number of nitrogens with zero attached hydrogens (tertiary/aromatic N) is 2. The predicted molar refractivity (Wildman–Crippen MR) is 47.4 cm³/mol. The molecule has 9 nitrogen and oxygen atoms in total. The van der Waals surface area contributed by atoms with Crippen LogP contribution in [0.1, 0.15) is 0 Å². The minimum Gasteiger partial charge on any atom is -0.375 e. The van der Waals surface area contributed by atoms with E-state index in [1.807, 2.05) is 0 Å². The van der Waals surface area contributed by atoms with Crippen molar-refractivity contribution < 1.29 is 22.4 Å². The normalized spacial score (nSPS) is 10.1. The van der Waals surface area contributed by atoms with Crippen molar-refractivity contribution in [2.24, 2.45) is 0 Å². The van der Waals surface area contributed by atoms with Crippen LogP contribution in [-0.4, -0.2) is 27.4 Å². The highest BCUT2D eigenvalue weighted by Crippen LogP contribution is 2.21. The van der Waals surface area contributed by atoms with Crippen molar-refractivity contribution in [2.45, 2.75) is 0 Å². The van der Waals surface area contributed by atoms with E-state index in [2.05, 4.69) is 4.98 Å². The van der Waals surface area contributed by atoms with Crippen molar-refractivity contribution in [3.63, 3.8) is 0 Å². The molecular weight excluding hydrogens is 238 g/mol. The Morgan fingerprint density at radius 3 is 2.14 bits per heavy atom. The van der Waals surface area contributed by atoms with E-state index in [4.69, 9.17) is 23.3 Å². The highest BCUT2D eigenvalue weighted by molar-refractivity contribution is 7.79. The highest BCUT2D eigenvalue weighted by atomic mass is 32.3. The summed E-state index contributed by atoms with van der Waals surface area (Å²) in [5.41, 5.74) is 5.12. The first-order chi connectivity index (χ1) is 6.20. The Bertz CT molecular complexity index is 402. The summed E-state index contributed by atoms with van der Waals surface area (Å²) in [6.07, 6.45) is 1.14. The Kier molecular flexibility index (Phi) is 4.36. The lowest BCUT2D eigenvalue weighted by Gasteiger charge is -1.76. The second kappa shape index (κ2) is 4.80. The molecular formula is C3H5N3O6S2. The van der Waals surface area contributed by atoms with E-state index in [1.165, 1.54) is 0 Å². The lowest BCUT2D eigenvalue weighted by Crippen LogP contribution is -1.89. The highest BCUT2D eigenvalue weighted by Gasteiger charge is 2.07. The summed E-state index contributed by atoms with van der Waals surface area (Å²) in [5, 5.41) is 10.1. The van der Waals surface area contributed by atoms with Crippen LogP contribution < -0.4 is 5.73 Å². The molecule has 1 aromatic rings. The molecule has 1 heterocycles. The van der Waals surface area contributed by atoms with Gasteiger partial charge in [-0.15, -0.1) is 0 Å². The van der Waals surface area contributed by atoms with Gasteiger partial charge in [0.2, 0.25) is 0 Å². The first-order valence-corrected chi connectivity index (χ1v) is 4.97. The fraction of sp³-hybridized carbons (Fsp3) is 0. The molecule has 0 aliphatic carbocycles. The number of nitro groups is 1. The molecule has 14 heavy (non-hydrogen) atoms. The number of thiazole rings is 1. The average molecular weight is 243 g/mol. The number of rotatable bonds is 1. The topological polar surface area (TPSA) is 157 Å². The molecule has 0 fully saturated rings. The lowest BCUT2D eigenvalue weighted by atomic mass is 10.9. The molecule has 0 bridgehead atoms.